The molecule has 13 heteroatoms. The van der Waals surface area contributed by atoms with E-state index >= 15 is 0 Å². The number of carbonyl (C=O) groups excluding carboxylic acids is 3. The van der Waals surface area contributed by atoms with Crippen LogP contribution in [0.4, 0.5) is 5.69 Å². The van der Waals surface area contributed by atoms with E-state index in [-0.39, 0.29) is 218 Å². The van der Waals surface area contributed by atoms with Crippen molar-refractivity contribution in [1.82, 2.24) is 0 Å². The summed E-state index contributed by atoms with van der Waals surface area (Å²) >= 11 is 3.18. The van der Waals surface area contributed by atoms with E-state index in [1.54, 1.807) is 17.4 Å². The Morgan fingerprint density at radius 1 is 0.641 bits per heavy atom. The van der Waals surface area contributed by atoms with Crippen molar-refractivity contribution in [3.63, 3.8) is 0 Å². The van der Waals surface area contributed by atoms with Crippen LogP contribution in [0.3, 0.4) is 0 Å². The van der Waals surface area contributed by atoms with Crippen molar-refractivity contribution in [3.8, 4) is 36.4 Å². The Morgan fingerprint density at radius 2 is 1.15 bits per heavy atom. The summed E-state index contributed by atoms with van der Waals surface area (Å²) in [4.78, 5) is 38.4. The zero-order valence-electron chi connectivity index (χ0n) is 21.7. The molecule has 0 spiro atoms. The molecule has 2 aromatic carbocycles. The Balaban J connectivity index is 0.00000253. The van der Waals surface area contributed by atoms with Crippen molar-refractivity contribution in [1.29, 1.82) is 0 Å². The molecule has 0 fully saturated rings. The van der Waals surface area contributed by atoms with Crippen LogP contribution in [0.25, 0.3) is 30.6 Å². The molecular weight excluding hydrogens is 901 g/mol. The number of anilines is 1. The maximum absolute atomic E-state index is 11.2. The monoisotopic (exact) mass is 919 g/mol. The molecule has 0 saturated carbocycles. The molecule has 4 aromatic rings. The van der Waals surface area contributed by atoms with Crippen molar-refractivity contribution in [2.45, 2.75) is 0 Å². The second-order valence-corrected chi connectivity index (χ2v) is 9.80. The van der Waals surface area contributed by atoms with Gasteiger partial charge in [-0.1, -0.05) is 36.4 Å². The Bertz CT molecular complexity index is 1390. The summed E-state index contributed by atoms with van der Waals surface area (Å²) in [5, 5.41) is 33.3. The van der Waals surface area contributed by atoms with E-state index in [2.05, 4.69) is 24.3 Å². The number of carbonyl (C=O) groups is 3. The fourth-order valence-electron chi connectivity index (χ4n) is 3.57. The number of rotatable bonds is 11. The van der Waals surface area contributed by atoms with Crippen molar-refractivity contribution < 1.29 is 241 Å². The van der Waals surface area contributed by atoms with Crippen LogP contribution < -0.4 is 232 Å². The van der Waals surface area contributed by atoms with E-state index in [4.69, 9.17) is 4.74 Å². The summed E-state index contributed by atoms with van der Waals surface area (Å²) in [6.07, 6.45) is 0. The van der Waals surface area contributed by atoms with Crippen LogP contribution in [0.2, 0.25) is 0 Å². The largest absolute Gasteiger partial charge is 1.00 e. The Kier molecular flexibility index (Phi) is 19.4. The number of carboxylic acid groups (broad SMARTS) is 3. The zero-order chi connectivity index (χ0) is 25.7. The number of thiophene rings is 2. The molecular formula is C26H18Cs3NO7S2. The average molecular weight is 919 g/mol. The summed E-state index contributed by atoms with van der Waals surface area (Å²) < 4.78 is 5.32. The molecule has 0 bridgehead atoms. The van der Waals surface area contributed by atoms with E-state index in [0.29, 0.717) is 5.56 Å². The minimum Gasteiger partial charge on any atom is -0.548 e. The van der Waals surface area contributed by atoms with Gasteiger partial charge in [-0.15, -0.1) is 22.7 Å². The molecule has 0 atom stereocenters. The van der Waals surface area contributed by atoms with Gasteiger partial charge in [-0.25, -0.2) is 0 Å². The van der Waals surface area contributed by atoms with Gasteiger partial charge >= 0.3 is 207 Å². The topological polar surface area (TPSA) is 133 Å². The predicted octanol–water partition coefficient (Wildman–Crippen LogP) is -7.74. The van der Waals surface area contributed by atoms with Gasteiger partial charge in [-0.05, 0) is 47.5 Å². The maximum atomic E-state index is 11.2. The molecule has 0 aliphatic heterocycles. The van der Waals surface area contributed by atoms with Gasteiger partial charge in [0, 0.05) is 19.5 Å². The van der Waals surface area contributed by atoms with Crippen LogP contribution >= 0.6 is 22.7 Å². The first-order valence-corrected chi connectivity index (χ1v) is 12.3. The second kappa shape index (κ2) is 19.4. The van der Waals surface area contributed by atoms with Gasteiger partial charge < -0.3 is 39.3 Å². The number of carboxylic acids is 3. The van der Waals surface area contributed by atoms with Gasteiger partial charge in [-0.3, -0.25) is 0 Å². The first kappa shape index (κ1) is 39.0. The van der Waals surface area contributed by atoms with E-state index < -0.39 is 37.6 Å². The molecule has 0 radical (unpaired) electrons. The summed E-state index contributed by atoms with van der Waals surface area (Å²) in [5.74, 6) is -4.51. The SMILES string of the molecule is O=C([O-])COc1cc(-c2ccc(-c3ccc(-c4ccccc4)s3)s2)ccc1N(CC(=O)[O-])CC(=O)[O-].[Cs+].[Cs+].[Cs+]. The predicted molar refractivity (Wildman–Crippen MR) is 131 cm³/mol. The van der Waals surface area contributed by atoms with Gasteiger partial charge in [-0.2, -0.15) is 0 Å². The molecule has 0 aliphatic rings. The van der Waals surface area contributed by atoms with Crippen LogP contribution in [0.5, 0.6) is 5.75 Å². The van der Waals surface area contributed by atoms with E-state index in [0.717, 1.165) is 30.0 Å². The molecule has 2 aromatic heterocycles. The molecule has 0 aliphatic carbocycles. The van der Waals surface area contributed by atoms with Gasteiger partial charge in [0.2, 0.25) is 0 Å². The average Bonchev–Trinajstić information content (AvgIpc) is 3.52. The minimum atomic E-state index is -1.51. The van der Waals surface area contributed by atoms with Gasteiger partial charge in [0.1, 0.15) is 12.4 Å². The Labute approximate surface area is 410 Å². The van der Waals surface area contributed by atoms with Crippen LogP contribution in [-0.4, -0.2) is 37.6 Å². The first-order chi connectivity index (χ1) is 17.3. The van der Waals surface area contributed by atoms with Gasteiger partial charge in [0.05, 0.1) is 36.7 Å². The van der Waals surface area contributed by atoms with Crippen LogP contribution in [-0.2, 0) is 14.4 Å². The van der Waals surface area contributed by atoms with Gasteiger partial charge in [0.15, 0.2) is 0 Å². The fourth-order valence-corrected chi connectivity index (χ4v) is 5.68. The molecule has 2 heterocycles. The molecule has 0 saturated heterocycles. The first-order valence-electron chi connectivity index (χ1n) is 10.7. The van der Waals surface area contributed by atoms with E-state index in [1.165, 1.54) is 23.5 Å². The summed E-state index contributed by atoms with van der Waals surface area (Å²) in [6, 6.07) is 22.8. The summed E-state index contributed by atoms with van der Waals surface area (Å²) in [7, 11) is 0. The minimum absolute atomic E-state index is 0. The molecule has 4 rings (SSSR count). The third-order valence-corrected chi connectivity index (χ3v) is 7.55. The summed E-state index contributed by atoms with van der Waals surface area (Å²) in [5.41, 5.74) is 1.90. The molecule has 0 amide bonds. The third kappa shape index (κ3) is 11.8. The molecule has 184 valence electrons. The van der Waals surface area contributed by atoms with Gasteiger partial charge in [0.25, 0.3) is 0 Å². The molecule has 39 heavy (non-hydrogen) atoms. The number of benzene rings is 2. The van der Waals surface area contributed by atoms with Crippen molar-refractivity contribution in [2.24, 2.45) is 0 Å². The number of hydrogen-bond acceptors (Lipinski definition) is 10. The third-order valence-electron chi connectivity index (χ3n) is 5.08. The van der Waals surface area contributed by atoms with E-state index in [1.807, 2.05) is 30.3 Å². The van der Waals surface area contributed by atoms with Crippen LogP contribution in [0, 0.1) is 0 Å². The van der Waals surface area contributed by atoms with Crippen LogP contribution in [0.15, 0.2) is 72.8 Å². The normalized spacial score (nSPS) is 9.85. The molecule has 0 unspecified atom stereocenters. The van der Waals surface area contributed by atoms with Crippen molar-refractivity contribution in [3.05, 3.63) is 72.8 Å². The summed E-state index contributed by atoms with van der Waals surface area (Å²) in [6.45, 7) is -2.30. The van der Waals surface area contributed by atoms with E-state index in [9.17, 15) is 29.7 Å². The standard InChI is InChI=1S/C26H21NO7S2.3Cs/c28-24(29)13-27(14-25(30)31)18-7-6-17(12-19(18)34-15-26(32)33)21-9-11-23(36-21)22-10-8-20(35-22)16-4-2-1-3-5-16;;;/h1-12H,13-15H2,(H,28,29)(H,30,31)(H,32,33);;;/q;3*+1/p-3. The Hall–Kier alpha value is 2.01. The Morgan fingerprint density at radius 3 is 1.67 bits per heavy atom. The van der Waals surface area contributed by atoms with Crippen LogP contribution in [0.1, 0.15) is 0 Å². The number of hydrogen-bond donors (Lipinski definition) is 0. The number of nitrogens with zero attached hydrogens (tertiary/aromatic N) is 1. The number of aliphatic carboxylic acids is 3. The fraction of sp³-hybridized carbons (Fsp3) is 0.115. The van der Waals surface area contributed by atoms with Crippen molar-refractivity contribution >= 4 is 46.3 Å². The smallest absolute Gasteiger partial charge is 0.548 e. The van der Waals surface area contributed by atoms with Crippen molar-refractivity contribution in [2.75, 3.05) is 24.6 Å². The number of ether oxygens (including phenoxy) is 1. The molecule has 0 N–H and O–H groups in total. The molecule has 8 nitrogen and oxygen atoms in total. The quantitative estimate of drug-likeness (QED) is 0.145. The zero-order valence-corrected chi connectivity index (χ0v) is 42.1. The maximum Gasteiger partial charge on any atom is 1.00 e. The second-order valence-electron chi connectivity index (χ2n) is 7.64.